The Labute approximate surface area is 156 Å². The number of pyridine rings is 1. The molecule has 1 saturated carbocycles. The largest absolute Gasteiger partial charge is 0.349 e. The van der Waals surface area contributed by atoms with Crippen molar-refractivity contribution >= 4 is 17.8 Å². The summed E-state index contributed by atoms with van der Waals surface area (Å²) in [6, 6.07) is 10.7. The number of hydrogen-bond donors (Lipinski definition) is 3. The molecule has 1 aliphatic carbocycles. The molecule has 2 heterocycles. The standard InChI is InChI=1S/C20H20N4O3/c1-12-4-6-13(7-5-12)16-15(3-2-10-21-16)17(25)22-11-20(14-8-9-14)18(26)23-19(27)24-20/h2-7,10,14H,8-9,11H2,1H3,(H,22,25)(H2,23,24,26,27)/t20-/m0/s1. The van der Waals surface area contributed by atoms with Crippen LogP contribution in [0.15, 0.2) is 42.6 Å². The summed E-state index contributed by atoms with van der Waals surface area (Å²) in [6.07, 6.45) is 3.35. The number of benzene rings is 1. The number of imide groups is 1. The van der Waals surface area contributed by atoms with Gasteiger partial charge in [0.1, 0.15) is 5.54 Å². The van der Waals surface area contributed by atoms with E-state index in [0.717, 1.165) is 24.0 Å². The molecule has 1 saturated heterocycles. The number of urea groups is 1. The SMILES string of the molecule is Cc1ccc(-c2ncccc2C(=O)NC[C@@]2(C3CC3)NC(=O)NC2=O)cc1. The van der Waals surface area contributed by atoms with Gasteiger partial charge in [-0.2, -0.15) is 0 Å². The second-order valence-electron chi connectivity index (χ2n) is 7.10. The van der Waals surface area contributed by atoms with E-state index >= 15 is 0 Å². The van der Waals surface area contributed by atoms with Crippen LogP contribution in [0.3, 0.4) is 0 Å². The molecule has 138 valence electrons. The third-order valence-electron chi connectivity index (χ3n) is 5.15. The molecule has 4 amide bonds. The Morgan fingerprint density at radius 2 is 1.96 bits per heavy atom. The maximum absolute atomic E-state index is 12.8. The number of hydrogen-bond acceptors (Lipinski definition) is 4. The van der Waals surface area contributed by atoms with Crippen LogP contribution in [0.25, 0.3) is 11.3 Å². The Balaban J connectivity index is 1.56. The lowest BCUT2D eigenvalue weighted by Crippen LogP contribution is -2.57. The molecule has 1 aliphatic heterocycles. The molecule has 3 N–H and O–H groups in total. The number of aromatic nitrogens is 1. The van der Waals surface area contributed by atoms with Gasteiger partial charge in [-0.15, -0.1) is 0 Å². The van der Waals surface area contributed by atoms with E-state index in [1.165, 1.54) is 0 Å². The summed E-state index contributed by atoms with van der Waals surface area (Å²) in [5.74, 6) is -0.650. The van der Waals surface area contributed by atoms with Crippen molar-refractivity contribution in [2.45, 2.75) is 25.3 Å². The minimum absolute atomic E-state index is 0.0507. The molecule has 7 nitrogen and oxygen atoms in total. The first kappa shape index (κ1) is 17.2. The molecule has 1 atom stereocenters. The second-order valence-corrected chi connectivity index (χ2v) is 7.10. The highest BCUT2D eigenvalue weighted by Crippen LogP contribution is 2.41. The molecule has 1 aromatic carbocycles. The third-order valence-corrected chi connectivity index (χ3v) is 5.15. The average Bonchev–Trinajstić information content (AvgIpc) is 3.47. The monoisotopic (exact) mass is 364 g/mol. The smallest absolute Gasteiger partial charge is 0.322 e. The van der Waals surface area contributed by atoms with E-state index < -0.39 is 11.6 Å². The summed E-state index contributed by atoms with van der Waals surface area (Å²) in [6.45, 7) is 2.05. The number of aryl methyl sites for hydroxylation is 1. The molecule has 2 aromatic rings. The topological polar surface area (TPSA) is 100 Å². The van der Waals surface area contributed by atoms with E-state index in [9.17, 15) is 14.4 Å². The number of rotatable bonds is 5. The maximum atomic E-state index is 12.8. The summed E-state index contributed by atoms with van der Waals surface area (Å²) in [5, 5.41) is 7.81. The van der Waals surface area contributed by atoms with Crippen LogP contribution >= 0.6 is 0 Å². The number of carbonyl (C=O) groups is 3. The van der Waals surface area contributed by atoms with Crippen LogP contribution in [-0.2, 0) is 4.79 Å². The zero-order valence-electron chi connectivity index (χ0n) is 14.9. The summed E-state index contributed by atoms with van der Waals surface area (Å²) in [5.41, 5.74) is 1.91. The van der Waals surface area contributed by atoms with Gasteiger partial charge < -0.3 is 10.6 Å². The molecular weight excluding hydrogens is 344 g/mol. The molecule has 2 fully saturated rings. The van der Waals surface area contributed by atoms with E-state index in [2.05, 4.69) is 20.9 Å². The molecule has 7 heteroatoms. The molecule has 1 aromatic heterocycles. The van der Waals surface area contributed by atoms with Crippen molar-refractivity contribution in [1.82, 2.24) is 20.9 Å². The summed E-state index contributed by atoms with van der Waals surface area (Å²) in [4.78, 5) is 41.1. The van der Waals surface area contributed by atoms with Gasteiger partial charge in [0, 0.05) is 11.8 Å². The molecule has 0 radical (unpaired) electrons. The Morgan fingerprint density at radius 1 is 1.22 bits per heavy atom. The van der Waals surface area contributed by atoms with Gasteiger partial charge in [-0.25, -0.2) is 4.79 Å². The number of amides is 4. The zero-order valence-corrected chi connectivity index (χ0v) is 14.9. The first-order valence-electron chi connectivity index (χ1n) is 8.93. The fourth-order valence-electron chi connectivity index (χ4n) is 3.48. The van der Waals surface area contributed by atoms with Crippen molar-refractivity contribution in [2.75, 3.05) is 6.54 Å². The predicted molar refractivity (Wildman–Crippen MR) is 98.9 cm³/mol. The molecule has 0 spiro atoms. The summed E-state index contributed by atoms with van der Waals surface area (Å²) >= 11 is 0. The normalized spacial score (nSPS) is 21.5. The van der Waals surface area contributed by atoms with E-state index in [0.29, 0.717) is 11.3 Å². The Kier molecular flexibility index (Phi) is 4.14. The molecular formula is C20H20N4O3. The predicted octanol–water partition coefficient (Wildman–Crippen LogP) is 1.78. The van der Waals surface area contributed by atoms with Crippen LogP contribution in [0.5, 0.6) is 0 Å². The van der Waals surface area contributed by atoms with Crippen LogP contribution in [0, 0.1) is 12.8 Å². The van der Waals surface area contributed by atoms with Gasteiger partial charge in [-0.3, -0.25) is 19.9 Å². The fraction of sp³-hybridized carbons (Fsp3) is 0.300. The lowest BCUT2D eigenvalue weighted by molar-refractivity contribution is -0.124. The molecule has 27 heavy (non-hydrogen) atoms. The van der Waals surface area contributed by atoms with Crippen molar-refractivity contribution in [3.05, 3.63) is 53.7 Å². The molecule has 4 rings (SSSR count). The van der Waals surface area contributed by atoms with Gasteiger partial charge in [-0.1, -0.05) is 29.8 Å². The van der Waals surface area contributed by atoms with Crippen molar-refractivity contribution in [2.24, 2.45) is 5.92 Å². The quantitative estimate of drug-likeness (QED) is 0.704. The highest BCUT2D eigenvalue weighted by Gasteiger charge is 2.56. The van der Waals surface area contributed by atoms with Crippen molar-refractivity contribution in [3.8, 4) is 11.3 Å². The third kappa shape index (κ3) is 3.16. The highest BCUT2D eigenvalue weighted by atomic mass is 16.2. The van der Waals surface area contributed by atoms with Gasteiger partial charge >= 0.3 is 6.03 Å². The molecule has 0 unspecified atom stereocenters. The van der Waals surface area contributed by atoms with E-state index in [1.54, 1.807) is 18.3 Å². The van der Waals surface area contributed by atoms with Gasteiger partial charge in [0.25, 0.3) is 11.8 Å². The van der Waals surface area contributed by atoms with Crippen LogP contribution < -0.4 is 16.0 Å². The molecule has 2 aliphatic rings. The Hall–Kier alpha value is -3.22. The maximum Gasteiger partial charge on any atom is 0.322 e. The summed E-state index contributed by atoms with van der Waals surface area (Å²) < 4.78 is 0. The summed E-state index contributed by atoms with van der Waals surface area (Å²) in [7, 11) is 0. The number of carbonyl (C=O) groups excluding carboxylic acids is 3. The second kappa shape index (κ2) is 6.50. The van der Waals surface area contributed by atoms with Gasteiger partial charge in [0.15, 0.2) is 0 Å². The minimum Gasteiger partial charge on any atom is -0.349 e. The minimum atomic E-state index is -1.06. The van der Waals surface area contributed by atoms with Gasteiger partial charge in [0.2, 0.25) is 0 Å². The highest BCUT2D eigenvalue weighted by molar-refractivity contribution is 6.08. The van der Waals surface area contributed by atoms with Crippen molar-refractivity contribution in [3.63, 3.8) is 0 Å². The Morgan fingerprint density at radius 3 is 2.59 bits per heavy atom. The fourth-order valence-corrected chi connectivity index (χ4v) is 3.48. The van der Waals surface area contributed by atoms with Crippen LogP contribution in [0.2, 0.25) is 0 Å². The van der Waals surface area contributed by atoms with Crippen LogP contribution in [0.1, 0.15) is 28.8 Å². The van der Waals surface area contributed by atoms with Crippen LogP contribution in [0.4, 0.5) is 4.79 Å². The zero-order chi connectivity index (χ0) is 19.0. The average molecular weight is 364 g/mol. The van der Waals surface area contributed by atoms with Gasteiger partial charge in [-0.05, 0) is 37.8 Å². The van der Waals surface area contributed by atoms with E-state index in [4.69, 9.17) is 0 Å². The Bertz CT molecular complexity index is 921. The van der Waals surface area contributed by atoms with E-state index in [1.807, 2.05) is 31.2 Å². The van der Waals surface area contributed by atoms with Gasteiger partial charge in [0.05, 0.1) is 17.8 Å². The number of nitrogens with zero attached hydrogens (tertiary/aromatic N) is 1. The van der Waals surface area contributed by atoms with Crippen molar-refractivity contribution < 1.29 is 14.4 Å². The lowest BCUT2D eigenvalue weighted by atomic mass is 9.93. The first-order valence-corrected chi connectivity index (χ1v) is 8.93. The van der Waals surface area contributed by atoms with Crippen molar-refractivity contribution in [1.29, 1.82) is 0 Å². The lowest BCUT2D eigenvalue weighted by Gasteiger charge is -2.26. The molecule has 0 bridgehead atoms. The first-order chi connectivity index (χ1) is 13.0. The number of nitrogens with one attached hydrogen (secondary N) is 3. The van der Waals surface area contributed by atoms with E-state index in [-0.39, 0.29) is 24.3 Å². The van der Waals surface area contributed by atoms with Crippen LogP contribution in [-0.4, -0.2) is 34.9 Å².